The van der Waals surface area contributed by atoms with Crippen LogP contribution in [0.1, 0.15) is 5.56 Å². The average Bonchev–Trinajstić information content (AvgIpc) is 2.17. The summed E-state index contributed by atoms with van der Waals surface area (Å²) in [5, 5.41) is 3.73. The molecule has 0 aliphatic rings. The normalized spacial score (nSPS) is 11.7. The SMILES string of the molecule is CS(=O)(=O)CCNCc1ccc(Cl)c(Br)c1. The summed E-state index contributed by atoms with van der Waals surface area (Å²) in [4.78, 5) is 0. The molecule has 0 heterocycles. The molecular weight excluding hydrogens is 314 g/mol. The lowest BCUT2D eigenvalue weighted by Crippen LogP contribution is -2.21. The second kappa shape index (κ2) is 6.00. The predicted octanol–water partition coefficient (Wildman–Crippen LogP) is 2.24. The Hall–Kier alpha value is -0.100. The van der Waals surface area contributed by atoms with Crippen molar-refractivity contribution in [3.8, 4) is 0 Å². The van der Waals surface area contributed by atoms with Gasteiger partial charge in [0.15, 0.2) is 0 Å². The van der Waals surface area contributed by atoms with Crippen molar-refractivity contribution in [1.82, 2.24) is 5.32 Å². The molecule has 1 rings (SSSR count). The Bertz CT molecular complexity index is 462. The highest BCUT2D eigenvalue weighted by Gasteiger charge is 2.02. The average molecular weight is 327 g/mol. The van der Waals surface area contributed by atoms with Gasteiger partial charge in [-0.15, -0.1) is 0 Å². The zero-order valence-electron chi connectivity index (χ0n) is 8.83. The van der Waals surface area contributed by atoms with Crippen LogP contribution < -0.4 is 5.32 Å². The molecule has 3 nitrogen and oxygen atoms in total. The van der Waals surface area contributed by atoms with Crippen molar-refractivity contribution < 1.29 is 8.42 Å². The molecule has 0 atom stereocenters. The van der Waals surface area contributed by atoms with Crippen molar-refractivity contribution in [3.05, 3.63) is 33.3 Å². The van der Waals surface area contributed by atoms with E-state index in [0.717, 1.165) is 10.0 Å². The fourth-order valence-electron chi connectivity index (χ4n) is 1.14. The fourth-order valence-corrected chi connectivity index (χ4v) is 2.20. The Morgan fingerprint density at radius 1 is 1.44 bits per heavy atom. The number of rotatable bonds is 5. The van der Waals surface area contributed by atoms with E-state index in [1.807, 2.05) is 12.1 Å². The summed E-state index contributed by atoms with van der Waals surface area (Å²) < 4.78 is 22.6. The molecular formula is C10H13BrClNO2S. The first-order valence-electron chi connectivity index (χ1n) is 4.71. The lowest BCUT2D eigenvalue weighted by Gasteiger charge is -2.05. The number of hydrogen-bond acceptors (Lipinski definition) is 3. The van der Waals surface area contributed by atoms with Crippen LogP contribution in [0.15, 0.2) is 22.7 Å². The van der Waals surface area contributed by atoms with Crippen LogP contribution >= 0.6 is 27.5 Å². The smallest absolute Gasteiger partial charge is 0.148 e. The van der Waals surface area contributed by atoms with Crippen LogP contribution in [-0.2, 0) is 16.4 Å². The standard InChI is InChI=1S/C10H13BrClNO2S/c1-16(14,15)5-4-13-7-8-2-3-10(12)9(11)6-8/h2-3,6,13H,4-5,7H2,1H3. The van der Waals surface area contributed by atoms with Gasteiger partial charge in [-0.25, -0.2) is 8.42 Å². The van der Waals surface area contributed by atoms with E-state index in [-0.39, 0.29) is 5.75 Å². The lowest BCUT2D eigenvalue weighted by molar-refractivity contribution is 0.596. The zero-order chi connectivity index (χ0) is 12.2. The minimum Gasteiger partial charge on any atom is -0.312 e. The Morgan fingerprint density at radius 3 is 2.69 bits per heavy atom. The number of sulfone groups is 1. The van der Waals surface area contributed by atoms with Gasteiger partial charge < -0.3 is 5.32 Å². The van der Waals surface area contributed by atoms with Gasteiger partial charge in [-0.1, -0.05) is 17.7 Å². The molecule has 1 N–H and O–H groups in total. The number of halogens is 2. The molecule has 0 aromatic heterocycles. The first-order chi connectivity index (χ1) is 7.38. The van der Waals surface area contributed by atoms with Crippen molar-refractivity contribution in [2.45, 2.75) is 6.54 Å². The predicted molar refractivity (Wildman–Crippen MR) is 70.6 cm³/mol. The van der Waals surface area contributed by atoms with Gasteiger partial charge >= 0.3 is 0 Å². The van der Waals surface area contributed by atoms with Crippen molar-refractivity contribution in [1.29, 1.82) is 0 Å². The fraction of sp³-hybridized carbons (Fsp3) is 0.400. The maximum atomic E-state index is 10.9. The number of nitrogens with one attached hydrogen (secondary N) is 1. The summed E-state index contributed by atoms with van der Waals surface area (Å²) in [6, 6.07) is 5.62. The van der Waals surface area contributed by atoms with Crippen molar-refractivity contribution >= 4 is 37.4 Å². The second-order valence-electron chi connectivity index (χ2n) is 3.56. The third-order valence-electron chi connectivity index (χ3n) is 1.96. The number of benzene rings is 1. The summed E-state index contributed by atoms with van der Waals surface area (Å²) in [5.41, 5.74) is 1.06. The summed E-state index contributed by atoms with van der Waals surface area (Å²) in [5.74, 6) is 0.155. The van der Waals surface area contributed by atoms with E-state index in [2.05, 4.69) is 21.2 Å². The van der Waals surface area contributed by atoms with E-state index in [1.54, 1.807) is 6.07 Å². The largest absolute Gasteiger partial charge is 0.312 e. The quantitative estimate of drug-likeness (QED) is 0.844. The molecule has 0 aliphatic carbocycles. The van der Waals surface area contributed by atoms with Crippen LogP contribution in [0.5, 0.6) is 0 Å². The van der Waals surface area contributed by atoms with Gasteiger partial charge in [-0.2, -0.15) is 0 Å². The first kappa shape index (κ1) is 14.0. The number of hydrogen-bond donors (Lipinski definition) is 1. The lowest BCUT2D eigenvalue weighted by atomic mass is 10.2. The molecule has 0 unspecified atom stereocenters. The topological polar surface area (TPSA) is 46.2 Å². The Kier molecular flexibility index (Phi) is 5.24. The Balaban J connectivity index is 2.41. The second-order valence-corrected chi connectivity index (χ2v) is 7.08. The van der Waals surface area contributed by atoms with Crippen LogP contribution in [0, 0.1) is 0 Å². The molecule has 0 saturated heterocycles. The minimum absolute atomic E-state index is 0.155. The molecule has 0 aliphatic heterocycles. The van der Waals surface area contributed by atoms with Gasteiger partial charge in [0.2, 0.25) is 0 Å². The van der Waals surface area contributed by atoms with Crippen molar-refractivity contribution in [3.63, 3.8) is 0 Å². The van der Waals surface area contributed by atoms with Crippen LogP contribution in [0.4, 0.5) is 0 Å². The van der Waals surface area contributed by atoms with Gasteiger partial charge in [0.05, 0.1) is 10.8 Å². The summed E-state index contributed by atoms with van der Waals surface area (Å²) in [6.07, 6.45) is 1.23. The van der Waals surface area contributed by atoms with Gasteiger partial charge in [0.25, 0.3) is 0 Å². The summed E-state index contributed by atoms with van der Waals surface area (Å²) in [7, 11) is -2.89. The summed E-state index contributed by atoms with van der Waals surface area (Å²) in [6.45, 7) is 1.09. The molecule has 0 spiro atoms. The van der Waals surface area contributed by atoms with Crippen molar-refractivity contribution in [2.24, 2.45) is 0 Å². The Morgan fingerprint density at radius 2 is 2.12 bits per heavy atom. The van der Waals surface area contributed by atoms with Gasteiger partial charge in [-0.3, -0.25) is 0 Å². The van der Waals surface area contributed by atoms with Crippen LogP contribution in [0.2, 0.25) is 5.02 Å². The van der Waals surface area contributed by atoms with Crippen molar-refractivity contribution in [2.75, 3.05) is 18.6 Å². The molecule has 90 valence electrons. The molecule has 0 radical (unpaired) electrons. The first-order valence-corrected chi connectivity index (χ1v) is 7.94. The molecule has 16 heavy (non-hydrogen) atoms. The Labute approximate surface area is 109 Å². The van der Waals surface area contributed by atoms with Crippen LogP contribution in [-0.4, -0.2) is 27.0 Å². The maximum absolute atomic E-state index is 10.9. The molecule has 0 amide bonds. The van der Waals surface area contributed by atoms with Gasteiger partial charge in [0, 0.05) is 23.8 Å². The monoisotopic (exact) mass is 325 g/mol. The minimum atomic E-state index is -2.89. The van der Waals surface area contributed by atoms with E-state index >= 15 is 0 Å². The van der Waals surface area contributed by atoms with E-state index in [1.165, 1.54) is 6.26 Å². The van der Waals surface area contributed by atoms with Crippen LogP contribution in [0.25, 0.3) is 0 Å². The molecule has 1 aromatic rings. The molecule has 1 aromatic carbocycles. The molecule has 0 bridgehead atoms. The summed E-state index contributed by atoms with van der Waals surface area (Å²) >= 11 is 9.19. The van der Waals surface area contributed by atoms with E-state index in [4.69, 9.17) is 11.6 Å². The molecule has 0 fully saturated rings. The highest BCUT2D eigenvalue weighted by Crippen LogP contribution is 2.22. The molecule has 6 heteroatoms. The third kappa shape index (κ3) is 5.30. The zero-order valence-corrected chi connectivity index (χ0v) is 12.0. The third-order valence-corrected chi connectivity index (χ3v) is 4.12. The van der Waals surface area contributed by atoms with E-state index in [0.29, 0.717) is 18.1 Å². The maximum Gasteiger partial charge on any atom is 0.148 e. The van der Waals surface area contributed by atoms with Gasteiger partial charge in [-0.05, 0) is 33.6 Å². The highest BCUT2D eigenvalue weighted by molar-refractivity contribution is 9.10. The molecule has 0 saturated carbocycles. The van der Waals surface area contributed by atoms with E-state index in [9.17, 15) is 8.42 Å². The highest BCUT2D eigenvalue weighted by atomic mass is 79.9. The van der Waals surface area contributed by atoms with Crippen LogP contribution in [0.3, 0.4) is 0 Å². The van der Waals surface area contributed by atoms with Gasteiger partial charge in [0.1, 0.15) is 9.84 Å². The van der Waals surface area contributed by atoms with E-state index < -0.39 is 9.84 Å².